The summed E-state index contributed by atoms with van der Waals surface area (Å²) in [6.45, 7) is 0.788. The second kappa shape index (κ2) is 8.03. The van der Waals surface area contributed by atoms with Crippen molar-refractivity contribution in [2.24, 2.45) is 0 Å². The topological polar surface area (TPSA) is 50.8 Å². The molecule has 5 heteroatoms. The van der Waals surface area contributed by atoms with Crippen molar-refractivity contribution in [2.75, 3.05) is 27.2 Å². The molecule has 25 heavy (non-hydrogen) atoms. The maximum atomic E-state index is 12.5. The van der Waals surface area contributed by atoms with E-state index in [2.05, 4.69) is 22.3 Å². The van der Waals surface area contributed by atoms with Gasteiger partial charge in [-0.25, -0.2) is 0 Å². The first-order chi connectivity index (χ1) is 12.1. The zero-order valence-corrected chi connectivity index (χ0v) is 14.6. The number of hydrogen-bond acceptors (Lipinski definition) is 4. The maximum absolute atomic E-state index is 12.5. The highest BCUT2D eigenvalue weighted by atomic mass is 16.6. The number of rotatable bonds is 6. The van der Waals surface area contributed by atoms with Crippen LogP contribution in [0.1, 0.15) is 5.56 Å². The predicted molar refractivity (Wildman–Crippen MR) is 97.0 cm³/mol. The number of ether oxygens (including phenoxy) is 2. The van der Waals surface area contributed by atoms with E-state index in [0.717, 1.165) is 6.42 Å². The Morgan fingerprint density at radius 1 is 1.12 bits per heavy atom. The van der Waals surface area contributed by atoms with Gasteiger partial charge in [0.05, 0.1) is 0 Å². The molecule has 0 bridgehead atoms. The van der Waals surface area contributed by atoms with Crippen LogP contribution >= 0.6 is 0 Å². The van der Waals surface area contributed by atoms with E-state index in [0.29, 0.717) is 18.0 Å². The second-order valence-corrected chi connectivity index (χ2v) is 6.42. The van der Waals surface area contributed by atoms with Gasteiger partial charge in [0.15, 0.2) is 11.5 Å². The van der Waals surface area contributed by atoms with Gasteiger partial charge in [-0.3, -0.25) is 4.79 Å². The summed E-state index contributed by atoms with van der Waals surface area (Å²) in [6, 6.07) is 17.9. The Hall–Kier alpha value is -2.53. The van der Waals surface area contributed by atoms with Crippen LogP contribution in [0.25, 0.3) is 0 Å². The Balaban J connectivity index is 1.55. The highest BCUT2D eigenvalue weighted by Gasteiger charge is 2.27. The number of para-hydroxylation sites is 2. The lowest BCUT2D eigenvalue weighted by atomic mass is 10.1. The molecule has 0 radical (unpaired) electrons. The van der Waals surface area contributed by atoms with Gasteiger partial charge in [0.25, 0.3) is 5.91 Å². The third-order valence-corrected chi connectivity index (χ3v) is 4.36. The van der Waals surface area contributed by atoms with E-state index in [-0.39, 0.29) is 18.6 Å². The number of benzene rings is 2. The van der Waals surface area contributed by atoms with E-state index in [1.807, 2.05) is 56.6 Å². The van der Waals surface area contributed by atoms with Crippen molar-refractivity contribution in [1.29, 1.82) is 0 Å². The summed E-state index contributed by atoms with van der Waals surface area (Å²) >= 11 is 0. The standard InChI is InChI=1S/C20H24N2O3/c1-22(2)16(12-15-8-4-3-5-9-15)13-21-20(23)19-14-24-17-10-6-7-11-18(17)25-19/h3-11,16,19H,12-14H2,1-2H3,(H,21,23). The molecule has 2 aromatic rings. The molecule has 132 valence electrons. The minimum Gasteiger partial charge on any atom is -0.485 e. The fourth-order valence-corrected chi connectivity index (χ4v) is 2.80. The first kappa shape index (κ1) is 17.3. The van der Waals surface area contributed by atoms with Gasteiger partial charge in [0, 0.05) is 12.6 Å². The summed E-state index contributed by atoms with van der Waals surface area (Å²) in [5.41, 5.74) is 1.25. The fraction of sp³-hybridized carbons (Fsp3) is 0.350. The molecule has 1 heterocycles. The molecule has 1 amide bonds. The van der Waals surface area contributed by atoms with E-state index < -0.39 is 6.10 Å². The van der Waals surface area contributed by atoms with E-state index >= 15 is 0 Å². The molecule has 0 saturated carbocycles. The molecule has 2 atom stereocenters. The molecule has 5 nitrogen and oxygen atoms in total. The molecule has 1 N–H and O–H groups in total. The molecular formula is C20H24N2O3. The second-order valence-electron chi connectivity index (χ2n) is 6.42. The zero-order valence-electron chi connectivity index (χ0n) is 14.6. The zero-order chi connectivity index (χ0) is 17.6. The summed E-state index contributed by atoms with van der Waals surface area (Å²) in [5, 5.41) is 3.00. The van der Waals surface area contributed by atoms with Crippen molar-refractivity contribution in [3.05, 3.63) is 60.2 Å². The average molecular weight is 340 g/mol. The van der Waals surface area contributed by atoms with E-state index in [4.69, 9.17) is 9.47 Å². The van der Waals surface area contributed by atoms with Crippen LogP contribution in [-0.4, -0.2) is 50.2 Å². The highest BCUT2D eigenvalue weighted by Crippen LogP contribution is 2.30. The molecule has 3 rings (SSSR count). The Morgan fingerprint density at radius 3 is 2.52 bits per heavy atom. The molecule has 0 aliphatic carbocycles. The minimum atomic E-state index is -0.616. The van der Waals surface area contributed by atoms with Crippen LogP contribution in [-0.2, 0) is 11.2 Å². The largest absolute Gasteiger partial charge is 0.485 e. The molecule has 0 saturated heterocycles. The molecule has 0 aromatic heterocycles. The van der Waals surface area contributed by atoms with Crippen LogP contribution in [0.2, 0.25) is 0 Å². The van der Waals surface area contributed by atoms with Gasteiger partial charge in [-0.1, -0.05) is 42.5 Å². The van der Waals surface area contributed by atoms with Crippen molar-refractivity contribution in [1.82, 2.24) is 10.2 Å². The lowest BCUT2D eigenvalue weighted by Crippen LogP contribution is -2.48. The Labute approximate surface area is 148 Å². The highest BCUT2D eigenvalue weighted by molar-refractivity contribution is 5.81. The normalized spacial score (nSPS) is 17.2. The average Bonchev–Trinajstić information content (AvgIpc) is 2.65. The number of nitrogens with zero attached hydrogens (tertiary/aromatic N) is 1. The molecular weight excluding hydrogens is 316 g/mol. The van der Waals surface area contributed by atoms with Crippen molar-refractivity contribution in [3.63, 3.8) is 0 Å². The van der Waals surface area contributed by atoms with E-state index in [1.54, 1.807) is 0 Å². The summed E-state index contributed by atoms with van der Waals surface area (Å²) in [4.78, 5) is 14.6. The number of likely N-dealkylation sites (N-methyl/N-ethyl adjacent to an activating group) is 1. The maximum Gasteiger partial charge on any atom is 0.264 e. The van der Waals surface area contributed by atoms with Crippen LogP contribution < -0.4 is 14.8 Å². The molecule has 0 spiro atoms. The number of nitrogens with one attached hydrogen (secondary N) is 1. The third-order valence-electron chi connectivity index (χ3n) is 4.36. The number of carbonyl (C=O) groups is 1. The third kappa shape index (κ3) is 4.51. The van der Waals surface area contributed by atoms with Crippen LogP contribution in [0, 0.1) is 0 Å². The Bertz CT molecular complexity index is 703. The van der Waals surface area contributed by atoms with Crippen molar-refractivity contribution in [3.8, 4) is 11.5 Å². The lowest BCUT2D eigenvalue weighted by molar-refractivity contribution is -0.130. The quantitative estimate of drug-likeness (QED) is 0.875. The van der Waals surface area contributed by atoms with E-state index in [1.165, 1.54) is 5.56 Å². The lowest BCUT2D eigenvalue weighted by Gasteiger charge is -2.28. The van der Waals surface area contributed by atoms with Crippen molar-refractivity contribution < 1.29 is 14.3 Å². The summed E-state index contributed by atoms with van der Waals surface area (Å²) in [7, 11) is 4.05. The van der Waals surface area contributed by atoms with Gasteiger partial charge in [-0.05, 0) is 38.2 Å². The summed E-state index contributed by atoms with van der Waals surface area (Å²) in [5.74, 6) is 1.15. The summed E-state index contributed by atoms with van der Waals surface area (Å²) < 4.78 is 11.4. The number of fused-ring (bicyclic) bond motifs is 1. The molecule has 1 aliphatic heterocycles. The Kier molecular flexibility index (Phi) is 5.56. The summed E-state index contributed by atoms with van der Waals surface area (Å²) in [6.07, 6.45) is 0.258. The van der Waals surface area contributed by atoms with Crippen LogP contribution in [0.4, 0.5) is 0 Å². The van der Waals surface area contributed by atoms with E-state index in [9.17, 15) is 4.79 Å². The van der Waals surface area contributed by atoms with Crippen molar-refractivity contribution >= 4 is 5.91 Å². The number of hydrogen-bond donors (Lipinski definition) is 1. The van der Waals surface area contributed by atoms with Gasteiger partial charge in [0.1, 0.15) is 6.61 Å². The minimum absolute atomic E-state index is 0.144. The van der Waals surface area contributed by atoms with Crippen LogP contribution in [0.3, 0.4) is 0 Å². The van der Waals surface area contributed by atoms with Gasteiger partial charge < -0.3 is 19.7 Å². The smallest absolute Gasteiger partial charge is 0.264 e. The van der Waals surface area contributed by atoms with Gasteiger partial charge >= 0.3 is 0 Å². The molecule has 2 aromatic carbocycles. The van der Waals surface area contributed by atoms with Gasteiger partial charge in [-0.2, -0.15) is 0 Å². The van der Waals surface area contributed by atoms with Crippen LogP contribution in [0.5, 0.6) is 11.5 Å². The number of amides is 1. The molecule has 0 fully saturated rings. The molecule has 2 unspecified atom stereocenters. The first-order valence-electron chi connectivity index (χ1n) is 8.50. The first-order valence-corrected chi connectivity index (χ1v) is 8.50. The fourth-order valence-electron chi connectivity index (χ4n) is 2.80. The monoisotopic (exact) mass is 340 g/mol. The van der Waals surface area contributed by atoms with Gasteiger partial charge in [-0.15, -0.1) is 0 Å². The van der Waals surface area contributed by atoms with Gasteiger partial charge in [0.2, 0.25) is 6.10 Å². The van der Waals surface area contributed by atoms with Crippen molar-refractivity contribution in [2.45, 2.75) is 18.6 Å². The molecule has 1 aliphatic rings. The SMILES string of the molecule is CN(C)C(CNC(=O)C1COc2ccccc2O1)Cc1ccccc1. The van der Waals surface area contributed by atoms with Crippen LogP contribution in [0.15, 0.2) is 54.6 Å². The number of carbonyl (C=O) groups excluding carboxylic acids is 1. The predicted octanol–water partition coefficient (Wildman–Crippen LogP) is 2.12. The Morgan fingerprint density at radius 2 is 1.80 bits per heavy atom.